The second-order valence-corrected chi connectivity index (χ2v) is 2.84. The SMILES string of the molecule is C#CCNCC(=O)Cc1ccccn1. The summed E-state index contributed by atoms with van der Waals surface area (Å²) < 4.78 is 0. The lowest BCUT2D eigenvalue weighted by molar-refractivity contribution is -0.117. The van der Waals surface area contributed by atoms with Crippen LogP contribution >= 0.6 is 0 Å². The van der Waals surface area contributed by atoms with Crippen molar-refractivity contribution in [2.75, 3.05) is 13.1 Å². The molecule has 1 rings (SSSR count). The maximum absolute atomic E-state index is 11.3. The summed E-state index contributed by atoms with van der Waals surface area (Å²) in [5.74, 6) is 2.50. The predicted octanol–water partition coefficient (Wildman–Crippen LogP) is 0.416. The van der Waals surface area contributed by atoms with Crippen molar-refractivity contribution in [2.24, 2.45) is 0 Å². The molecule has 0 radical (unpaired) electrons. The monoisotopic (exact) mass is 188 g/mol. The van der Waals surface area contributed by atoms with E-state index in [2.05, 4.69) is 16.2 Å². The Balaban J connectivity index is 2.32. The topological polar surface area (TPSA) is 42.0 Å². The van der Waals surface area contributed by atoms with E-state index in [9.17, 15) is 4.79 Å². The maximum atomic E-state index is 11.3. The molecule has 3 heteroatoms. The zero-order valence-corrected chi connectivity index (χ0v) is 7.86. The van der Waals surface area contributed by atoms with Crippen LogP contribution in [0.3, 0.4) is 0 Å². The van der Waals surface area contributed by atoms with Crippen LogP contribution in [0.2, 0.25) is 0 Å². The molecule has 1 N–H and O–H groups in total. The van der Waals surface area contributed by atoms with Gasteiger partial charge in [-0.1, -0.05) is 12.0 Å². The number of hydrogen-bond acceptors (Lipinski definition) is 3. The van der Waals surface area contributed by atoms with Gasteiger partial charge in [-0.2, -0.15) is 0 Å². The third kappa shape index (κ3) is 3.83. The van der Waals surface area contributed by atoms with Crippen molar-refractivity contribution in [3.63, 3.8) is 0 Å². The molecule has 14 heavy (non-hydrogen) atoms. The summed E-state index contributed by atoms with van der Waals surface area (Å²) in [6.45, 7) is 0.731. The van der Waals surface area contributed by atoms with Crippen LogP contribution < -0.4 is 5.32 Å². The summed E-state index contributed by atoms with van der Waals surface area (Å²) in [6.07, 6.45) is 7.07. The molecule has 0 saturated heterocycles. The Morgan fingerprint density at radius 2 is 2.43 bits per heavy atom. The highest BCUT2D eigenvalue weighted by molar-refractivity contribution is 5.82. The number of carbonyl (C=O) groups is 1. The van der Waals surface area contributed by atoms with Crippen molar-refractivity contribution in [3.05, 3.63) is 30.1 Å². The van der Waals surface area contributed by atoms with Gasteiger partial charge in [0.2, 0.25) is 0 Å². The summed E-state index contributed by atoms with van der Waals surface area (Å²) >= 11 is 0. The summed E-state index contributed by atoms with van der Waals surface area (Å²) in [6, 6.07) is 5.52. The first-order valence-corrected chi connectivity index (χ1v) is 4.38. The smallest absolute Gasteiger partial charge is 0.152 e. The lowest BCUT2D eigenvalue weighted by atomic mass is 10.2. The molecule has 0 aromatic carbocycles. The van der Waals surface area contributed by atoms with Crippen LogP contribution in [-0.2, 0) is 11.2 Å². The number of Topliss-reactive ketones (excluding diaryl/α,β-unsaturated/α-hetero) is 1. The van der Waals surface area contributed by atoms with E-state index in [0.29, 0.717) is 19.5 Å². The van der Waals surface area contributed by atoms with Crippen molar-refractivity contribution >= 4 is 5.78 Å². The van der Waals surface area contributed by atoms with E-state index in [1.807, 2.05) is 18.2 Å². The van der Waals surface area contributed by atoms with E-state index in [1.165, 1.54) is 0 Å². The number of hydrogen-bond donors (Lipinski definition) is 1. The Bertz CT molecular complexity index is 327. The van der Waals surface area contributed by atoms with Gasteiger partial charge in [-0.3, -0.25) is 15.1 Å². The van der Waals surface area contributed by atoms with Gasteiger partial charge in [0, 0.05) is 11.9 Å². The molecular weight excluding hydrogens is 176 g/mol. The molecule has 0 unspecified atom stereocenters. The molecule has 1 aromatic rings. The Labute approximate surface area is 83.6 Å². The molecule has 0 saturated carbocycles. The Morgan fingerprint density at radius 1 is 1.57 bits per heavy atom. The van der Waals surface area contributed by atoms with Crippen LogP contribution in [0, 0.1) is 12.3 Å². The average molecular weight is 188 g/mol. The fourth-order valence-electron chi connectivity index (χ4n) is 1.04. The number of ketones is 1. The Hall–Kier alpha value is -1.66. The van der Waals surface area contributed by atoms with Crippen molar-refractivity contribution in [1.82, 2.24) is 10.3 Å². The third-order valence-electron chi connectivity index (χ3n) is 1.65. The molecule has 3 nitrogen and oxygen atoms in total. The number of nitrogens with zero attached hydrogens (tertiary/aromatic N) is 1. The fraction of sp³-hybridized carbons (Fsp3) is 0.273. The lowest BCUT2D eigenvalue weighted by Crippen LogP contribution is -2.24. The summed E-state index contributed by atoms with van der Waals surface area (Å²) in [5, 5.41) is 2.84. The van der Waals surface area contributed by atoms with Gasteiger partial charge < -0.3 is 0 Å². The van der Waals surface area contributed by atoms with Crippen LogP contribution in [0.5, 0.6) is 0 Å². The minimum atomic E-state index is 0.0963. The van der Waals surface area contributed by atoms with Crippen molar-refractivity contribution < 1.29 is 4.79 Å². The minimum absolute atomic E-state index is 0.0963. The molecule has 0 bridgehead atoms. The summed E-state index contributed by atoms with van der Waals surface area (Å²) in [5.41, 5.74) is 0.792. The first-order chi connectivity index (χ1) is 6.83. The maximum Gasteiger partial charge on any atom is 0.152 e. The third-order valence-corrected chi connectivity index (χ3v) is 1.65. The van der Waals surface area contributed by atoms with Crippen LogP contribution in [0.4, 0.5) is 0 Å². The first-order valence-electron chi connectivity index (χ1n) is 4.38. The minimum Gasteiger partial charge on any atom is -0.299 e. The molecule has 1 aromatic heterocycles. The van der Waals surface area contributed by atoms with Gasteiger partial charge >= 0.3 is 0 Å². The zero-order chi connectivity index (χ0) is 10.2. The Kier molecular flexibility index (Phi) is 4.39. The molecule has 0 amide bonds. The van der Waals surface area contributed by atoms with E-state index in [1.54, 1.807) is 6.20 Å². The second-order valence-electron chi connectivity index (χ2n) is 2.84. The summed E-state index contributed by atoms with van der Waals surface area (Å²) in [7, 11) is 0. The van der Waals surface area contributed by atoms with Crippen LogP contribution in [0.25, 0.3) is 0 Å². The van der Waals surface area contributed by atoms with Gasteiger partial charge in [-0.15, -0.1) is 6.42 Å². The second kappa shape index (κ2) is 5.90. The fourth-order valence-corrected chi connectivity index (χ4v) is 1.04. The van der Waals surface area contributed by atoms with Crippen molar-refractivity contribution in [3.8, 4) is 12.3 Å². The molecule has 72 valence electrons. The van der Waals surface area contributed by atoms with Crippen molar-refractivity contribution in [1.29, 1.82) is 0 Å². The first kappa shape index (κ1) is 10.4. The van der Waals surface area contributed by atoms with Gasteiger partial charge in [-0.05, 0) is 12.1 Å². The predicted molar refractivity (Wildman–Crippen MR) is 54.7 cm³/mol. The quantitative estimate of drug-likeness (QED) is 0.537. The normalized spacial score (nSPS) is 9.36. The van der Waals surface area contributed by atoms with Crippen LogP contribution in [0.1, 0.15) is 5.69 Å². The summed E-state index contributed by atoms with van der Waals surface area (Å²) in [4.78, 5) is 15.4. The number of aromatic nitrogens is 1. The molecule has 0 aliphatic heterocycles. The van der Waals surface area contributed by atoms with Gasteiger partial charge in [-0.25, -0.2) is 0 Å². The van der Waals surface area contributed by atoms with Crippen LogP contribution in [0.15, 0.2) is 24.4 Å². The van der Waals surface area contributed by atoms with E-state index in [-0.39, 0.29) is 5.78 Å². The highest BCUT2D eigenvalue weighted by Crippen LogP contribution is 1.94. The lowest BCUT2D eigenvalue weighted by Gasteiger charge is -2.00. The van der Waals surface area contributed by atoms with E-state index < -0.39 is 0 Å². The number of carbonyl (C=O) groups excluding carboxylic acids is 1. The molecule has 0 fully saturated rings. The van der Waals surface area contributed by atoms with E-state index >= 15 is 0 Å². The molecule has 0 aliphatic carbocycles. The van der Waals surface area contributed by atoms with Gasteiger partial charge in [0.15, 0.2) is 5.78 Å². The highest BCUT2D eigenvalue weighted by Gasteiger charge is 2.02. The molecule has 1 heterocycles. The molecule has 0 aliphatic rings. The van der Waals surface area contributed by atoms with Crippen LogP contribution in [-0.4, -0.2) is 23.9 Å². The number of rotatable bonds is 5. The van der Waals surface area contributed by atoms with Gasteiger partial charge in [0.05, 0.1) is 19.5 Å². The van der Waals surface area contributed by atoms with Gasteiger partial charge in [0.25, 0.3) is 0 Å². The zero-order valence-electron chi connectivity index (χ0n) is 7.86. The Morgan fingerprint density at radius 3 is 3.07 bits per heavy atom. The van der Waals surface area contributed by atoms with Crippen molar-refractivity contribution in [2.45, 2.75) is 6.42 Å². The number of terminal acetylenes is 1. The molecule has 0 spiro atoms. The highest BCUT2D eigenvalue weighted by atomic mass is 16.1. The van der Waals surface area contributed by atoms with E-state index in [4.69, 9.17) is 6.42 Å². The standard InChI is InChI=1S/C11H12N2O/c1-2-6-12-9-11(14)8-10-5-3-4-7-13-10/h1,3-5,7,12H,6,8-9H2. The van der Waals surface area contributed by atoms with E-state index in [0.717, 1.165) is 5.69 Å². The number of nitrogens with one attached hydrogen (secondary N) is 1. The number of pyridine rings is 1. The van der Waals surface area contributed by atoms with Gasteiger partial charge in [0.1, 0.15) is 0 Å². The largest absolute Gasteiger partial charge is 0.299 e. The molecular formula is C11H12N2O. The average Bonchev–Trinajstić information content (AvgIpc) is 2.20. The molecule has 0 atom stereocenters.